The third kappa shape index (κ3) is 3.42. The average Bonchev–Trinajstić information content (AvgIpc) is 3.19. The van der Waals surface area contributed by atoms with Crippen molar-refractivity contribution in [3.05, 3.63) is 83.2 Å². The van der Waals surface area contributed by atoms with Crippen LogP contribution in [0.1, 0.15) is 54.6 Å². The van der Waals surface area contributed by atoms with Crippen LogP contribution in [0.15, 0.2) is 54.7 Å². The highest BCUT2D eigenvalue weighted by molar-refractivity contribution is 7.80. The van der Waals surface area contributed by atoms with Crippen LogP contribution in [0.2, 0.25) is 0 Å². The van der Waals surface area contributed by atoms with Crippen molar-refractivity contribution in [2.24, 2.45) is 0 Å². The van der Waals surface area contributed by atoms with E-state index in [0.717, 1.165) is 11.4 Å². The summed E-state index contributed by atoms with van der Waals surface area (Å²) in [7, 11) is 0. The molecule has 0 radical (unpaired) electrons. The Morgan fingerprint density at radius 3 is 2.41 bits per heavy atom. The van der Waals surface area contributed by atoms with Crippen molar-refractivity contribution >= 4 is 23.0 Å². The van der Waals surface area contributed by atoms with Gasteiger partial charge in [-0.15, -0.1) is 0 Å². The molecule has 2 aromatic heterocycles. The van der Waals surface area contributed by atoms with E-state index in [1.54, 1.807) is 18.3 Å². The van der Waals surface area contributed by atoms with Crippen molar-refractivity contribution in [2.75, 3.05) is 4.90 Å². The highest BCUT2D eigenvalue weighted by atomic mass is 32.1. The fourth-order valence-electron chi connectivity index (χ4n) is 4.45. The van der Waals surface area contributed by atoms with Gasteiger partial charge in [0.25, 0.3) is 0 Å². The fraction of sp³-hybridized carbons (Fsp3) is 0.304. The molecule has 0 bridgehead atoms. The van der Waals surface area contributed by atoms with Gasteiger partial charge < -0.3 is 14.8 Å². The number of pyridine rings is 1. The van der Waals surface area contributed by atoms with Crippen LogP contribution in [0, 0.1) is 19.7 Å². The monoisotopic (exact) mass is 408 g/mol. The van der Waals surface area contributed by atoms with E-state index in [0.29, 0.717) is 11.2 Å². The second-order valence-electron chi connectivity index (χ2n) is 7.76. The highest BCUT2D eigenvalue weighted by Crippen LogP contribution is 2.43. The Morgan fingerprint density at radius 1 is 1.10 bits per heavy atom. The van der Waals surface area contributed by atoms with Gasteiger partial charge in [-0.1, -0.05) is 6.07 Å². The maximum atomic E-state index is 13.6. The van der Waals surface area contributed by atoms with E-state index >= 15 is 0 Å². The molecule has 1 fully saturated rings. The van der Waals surface area contributed by atoms with Crippen LogP contribution in [0.3, 0.4) is 0 Å². The minimum absolute atomic E-state index is 0.0819. The van der Waals surface area contributed by atoms with Gasteiger partial charge in [0.2, 0.25) is 0 Å². The first-order valence-electron chi connectivity index (χ1n) is 9.83. The molecule has 4 nitrogen and oxygen atoms in total. The lowest BCUT2D eigenvalue weighted by atomic mass is 9.96. The maximum Gasteiger partial charge on any atom is 0.174 e. The van der Waals surface area contributed by atoms with E-state index in [1.807, 2.05) is 18.2 Å². The summed E-state index contributed by atoms with van der Waals surface area (Å²) in [4.78, 5) is 6.68. The van der Waals surface area contributed by atoms with Gasteiger partial charge in [0, 0.05) is 29.3 Å². The first-order valence-corrected chi connectivity index (χ1v) is 10.2. The second-order valence-corrected chi connectivity index (χ2v) is 8.15. The Morgan fingerprint density at radius 2 is 1.83 bits per heavy atom. The average molecular weight is 409 g/mol. The molecule has 6 heteroatoms. The van der Waals surface area contributed by atoms with E-state index in [1.165, 1.54) is 29.1 Å². The molecule has 1 saturated heterocycles. The molecule has 0 unspecified atom stereocenters. The maximum absolute atomic E-state index is 13.6. The topological polar surface area (TPSA) is 33.1 Å². The summed E-state index contributed by atoms with van der Waals surface area (Å²) in [6.45, 7) is 8.67. The van der Waals surface area contributed by atoms with Crippen molar-refractivity contribution in [2.45, 2.75) is 45.8 Å². The van der Waals surface area contributed by atoms with Gasteiger partial charge in [-0.2, -0.15) is 0 Å². The number of hydrogen-bond donors (Lipinski definition) is 1. The first-order chi connectivity index (χ1) is 13.9. The molecule has 1 aromatic carbocycles. The molecule has 1 aliphatic heterocycles. The van der Waals surface area contributed by atoms with E-state index < -0.39 is 0 Å². The van der Waals surface area contributed by atoms with E-state index in [-0.39, 0.29) is 17.9 Å². The minimum atomic E-state index is -0.261. The molecule has 0 spiro atoms. The normalized spacial score (nSPS) is 19.1. The van der Waals surface area contributed by atoms with Crippen molar-refractivity contribution in [1.29, 1.82) is 0 Å². The fourth-order valence-corrected chi connectivity index (χ4v) is 4.79. The van der Waals surface area contributed by atoms with Crippen LogP contribution in [-0.4, -0.2) is 14.7 Å². The highest BCUT2D eigenvalue weighted by Gasteiger charge is 2.42. The third-order valence-electron chi connectivity index (χ3n) is 5.56. The van der Waals surface area contributed by atoms with E-state index in [4.69, 9.17) is 12.2 Å². The summed E-state index contributed by atoms with van der Waals surface area (Å²) in [5.41, 5.74) is 5.41. The summed E-state index contributed by atoms with van der Waals surface area (Å²) in [6.07, 6.45) is 1.80. The Kier molecular flexibility index (Phi) is 5.13. The molecule has 0 aliphatic carbocycles. The number of thiocarbonyl (C=S) groups is 1. The third-order valence-corrected chi connectivity index (χ3v) is 5.88. The molecule has 1 N–H and O–H groups in total. The van der Waals surface area contributed by atoms with Crippen molar-refractivity contribution in [3.63, 3.8) is 0 Å². The van der Waals surface area contributed by atoms with Gasteiger partial charge in [-0.25, -0.2) is 4.39 Å². The number of rotatable bonds is 4. The Balaban J connectivity index is 1.88. The molecular formula is C23H25FN4S. The minimum Gasteiger partial charge on any atom is -0.351 e. The Labute approximate surface area is 176 Å². The molecule has 150 valence electrons. The van der Waals surface area contributed by atoms with Crippen LogP contribution >= 0.6 is 12.2 Å². The van der Waals surface area contributed by atoms with Crippen molar-refractivity contribution in [1.82, 2.24) is 14.9 Å². The summed E-state index contributed by atoms with van der Waals surface area (Å²) < 4.78 is 15.9. The zero-order valence-corrected chi connectivity index (χ0v) is 17.9. The van der Waals surface area contributed by atoms with Crippen molar-refractivity contribution < 1.29 is 4.39 Å². The lowest BCUT2D eigenvalue weighted by molar-refractivity contribution is 0.547. The number of nitrogens with one attached hydrogen (secondary N) is 1. The number of aryl methyl sites for hydroxylation is 1. The van der Waals surface area contributed by atoms with Crippen LogP contribution in [0.4, 0.5) is 10.1 Å². The molecule has 3 aromatic rings. The molecule has 2 atom stereocenters. The number of anilines is 1. The van der Waals surface area contributed by atoms with Crippen LogP contribution < -0.4 is 10.2 Å². The molecule has 29 heavy (non-hydrogen) atoms. The quantitative estimate of drug-likeness (QED) is 0.586. The Hall–Kier alpha value is -2.73. The number of benzene rings is 1. The molecular weight excluding hydrogens is 383 g/mol. The van der Waals surface area contributed by atoms with Gasteiger partial charge >= 0.3 is 0 Å². The summed E-state index contributed by atoms with van der Waals surface area (Å²) in [5.74, 6) is -0.261. The number of halogens is 1. The van der Waals surface area contributed by atoms with Gasteiger partial charge in [0.05, 0.1) is 17.8 Å². The summed E-state index contributed by atoms with van der Waals surface area (Å²) >= 11 is 5.73. The lowest BCUT2D eigenvalue weighted by Gasteiger charge is -2.28. The first kappa shape index (κ1) is 19.6. The molecule has 0 amide bonds. The number of nitrogens with zero attached hydrogens (tertiary/aromatic N) is 3. The van der Waals surface area contributed by atoms with E-state index in [9.17, 15) is 4.39 Å². The van der Waals surface area contributed by atoms with Gasteiger partial charge in [0.15, 0.2) is 5.11 Å². The zero-order valence-electron chi connectivity index (χ0n) is 17.1. The molecule has 4 rings (SSSR count). The van der Waals surface area contributed by atoms with Crippen LogP contribution in [-0.2, 0) is 0 Å². The Bertz CT molecular complexity index is 1030. The van der Waals surface area contributed by atoms with Crippen LogP contribution in [0.25, 0.3) is 0 Å². The predicted octanol–water partition coefficient (Wildman–Crippen LogP) is 5.40. The van der Waals surface area contributed by atoms with Gasteiger partial charge in [-0.3, -0.25) is 4.98 Å². The summed E-state index contributed by atoms with van der Waals surface area (Å²) in [6, 6.07) is 14.8. The van der Waals surface area contributed by atoms with Crippen molar-refractivity contribution in [3.8, 4) is 0 Å². The lowest BCUT2D eigenvalue weighted by Crippen LogP contribution is -2.29. The zero-order chi connectivity index (χ0) is 20.7. The van der Waals surface area contributed by atoms with Gasteiger partial charge in [-0.05, 0) is 87.9 Å². The van der Waals surface area contributed by atoms with Gasteiger partial charge in [0.1, 0.15) is 5.82 Å². The number of hydrogen-bond acceptors (Lipinski definition) is 2. The standard InChI is InChI=1S/C23H25FN4S/c1-14(2)27-15(3)13-19(16(27)4)22-21(20-7-5-6-12-25-20)26-23(29)28(22)18-10-8-17(24)9-11-18/h5-14,21-22H,1-4H3,(H,26,29)/t21-,22-/m0/s1. The second kappa shape index (κ2) is 7.59. The van der Waals surface area contributed by atoms with Crippen LogP contribution in [0.5, 0.6) is 0 Å². The smallest absolute Gasteiger partial charge is 0.174 e. The summed E-state index contributed by atoms with van der Waals surface area (Å²) in [5, 5.41) is 4.08. The number of aromatic nitrogens is 2. The molecule has 3 heterocycles. The molecule has 1 aliphatic rings. The molecule has 0 saturated carbocycles. The predicted molar refractivity (Wildman–Crippen MR) is 119 cm³/mol. The SMILES string of the molecule is Cc1cc([C@H]2[C@H](c3ccccn3)NC(=S)N2c2ccc(F)cc2)c(C)n1C(C)C. The van der Waals surface area contributed by atoms with E-state index in [2.05, 4.69) is 53.5 Å². The largest absolute Gasteiger partial charge is 0.351 e.